The summed E-state index contributed by atoms with van der Waals surface area (Å²) in [6.45, 7) is 4.08. The maximum Gasteiger partial charge on any atom is 0.268 e. The number of fused-ring (bicyclic) bond motifs is 1. The third kappa shape index (κ3) is 4.27. The van der Waals surface area contributed by atoms with E-state index in [4.69, 9.17) is 4.74 Å². The maximum absolute atomic E-state index is 12.7. The van der Waals surface area contributed by atoms with Gasteiger partial charge in [-0.2, -0.15) is 4.68 Å². The molecule has 0 unspecified atom stereocenters. The number of aromatic amines is 1. The number of hydrogen-bond donors (Lipinski definition) is 1. The highest BCUT2D eigenvalue weighted by Crippen LogP contribution is 2.32. The van der Waals surface area contributed by atoms with Crippen LogP contribution in [0.3, 0.4) is 0 Å². The highest BCUT2D eigenvalue weighted by Gasteiger charge is 2.14. The van der Waals surface area contributed by atoms with E-state index in [0.717, 1.165) is 27.4 Å². The highest BCUT2D eigenvalue weighted by atomic mass is 32.2. The first-order valence-electron chi connectivity index (χ1n) is 10.2. The first-order chi connectivity index (χ1) is 16.0. The molecule has 2 aromatic carbocycles. The molecule has 166 valence electrons. The van der Waals surface area contributed by atoms with Crippen molar-refractivity contribution in [3.8, 4) is 21.9 Å². The Morgan fingerprint density at radius 1 is 1.12 bits per heavy atom. The first kappa shape index (κ1) is 21.4. The van der Waals surface area contributed by atoms with E-state index in [-0.39, 0.29) is 5.56 Å². The molecule has 3 aromatic heterocycles. The van der Waals surface area contributed by atoms with Gasteiger partial charge in [-0.25, -0.2) is 4.98 Å². The van der Waals surface area contributed by atoms with Gasteiger partial charge >= 0.3 is 0 Å². The van der Waals surface area contributed by atoms with Crippen molar-refractivity contribution in [2.24, 2.45) is 0 Å². The number of aromatic nitrogens is 6. The van der Waals surface area contributed by atoms with Gasteiger partial charge in [0.2, 0.25) is 5.16 Å². The lowest BCUT2D eigenvalue weighted by Gasteiger charge is -2.08. The van der Waals surface area contributed by atoms with Gasteiger partial charge in [0, 0.05) is 4.88 Å². The van der Waals surface area contributed by atoms with Crippen LogP contribution >= 0.6 is 23.1 Å². The molecule has 5 rings (SSSR count). The summed E-state index contributed by atoms with van der Waals surface area (Å²) in [7, 11) is 1.64. The molecular formula is C23H20N6O2S2. The molecule has 1 N–H and O–H groups in total. The Morgan fingerprint density at radius 2 is 1.94 bits per heavy atom. The molecule has 0 atom stereocenters. The smallest absolute Gasteiger partial charge is 0.268 e. The molecule has 0 aliphatic carbocycles. The first-order valence-corrected chi connectivity index (χ1v) is 12.0. The van der Waals surface area contributed by atoms with Gasteiger partial charge in [-0.05, 0) is 71.8 Å². The van der Waals surface area contributed by atoms with Crippen LogP contribution in [-0.4, -0.2) is 37.3 Å². The van der Waals surface area contributed by atoms with E-state index < -0.39 is 0 Å². The van der Waals surface area contributed by atoms with Crippen LogP contribution in [0.25, 0.3) is 26.3 Å². The molecule has 0 aliphatic rings. The largest absolute Gasteiger partial charge is 0.497 e. The summed E-state index contributed by atoms with van der Waals surface area (Å²) < 4.78 is 7.54. The quantitative estimate of drug-likeness (QED) is 0.359. The van der Waals surface area contributed by atoms with Gasteiger partial charge in [0.05, 0.1) is 24.1 Å². The molecule has 10 heteroatoms. The summed E-state index contributed by atoms with van der Waals surface area (Å²) in [5.74, 6) is 1.80. The molecule has 0 amide bonds. The summed E-state index contributed by atoms with van der Waals surface area (Å²) in [6.07, 6.45) is 0. The summed E-state index contributed by atoms with van der Waals surface area (Å²) in [6, 6.07) is 15.8. The Morgan fingerprint density at radius 3 is 2.70 bits per heavy atom. The number of thioether (sulfide) groups is 1. The van der Waals surface area contributed by atoms with Gasteiger partial charge in [0.15, 0.2) is 0 Å². The van der Waals surface area contributed by atoms with E-state index >= 15 is 0 Å². The summed E-state index contributed by atoms with van der Waals surface area (Å²) >= 11 is 2.85. The van der Waals surface area contributed by atoms with Gasteiger partial charge < -0.3 is 9.72 Å². The third-order valence-corrected chi connectivity index (χ3v) is 7.27. The van der Waals surface area contributed by atoms with Crippen LogP contribution in [0.1, 0.15) is 17.0 Å². The lowest BCUT2D eigenvalue weighted by atomic mass is 10.1. The lowest BCUT2D eigenvalue weighted by Crippen LogP contribution is -2.09. The predicted molar refractivity (Wildman–Crippen MR) is 130 cm³/mol. The molecule has 5 aromatic rings. The fourth-order valence-corrected chi connectivity index (χ4v) is 5.30. The minimum absolute atomic E-state index is 0.144. The molecule has 8 nitrogen and oxygen atoms in total. The van der Waals surface area contributed by atoms with Crippen LogP contribution in [0.2, 0.25) is 0 Å². The molecule has 33 heavy (non-hydrogen) atoms. The van der Waals surface area contributed by atoms with Crippen LogP contribution in [0.5, 0.6) is 5.75 Å². The van der Waals surface area contributed by atoms with Gasteiger partial charge in [0.25, 0.3) is 5.56 Å². The van der Waals surface area contributed by atoms with Crippen molar-refractivity contribution in [2.45, 2.75) is 24.8 Å². The van der Waals surface area contributed by atoms with E-state index in [1.54, 1.807) is 11.8 Å². The molecule has 0 spiro atoms. The number of tetrazole rings is 1. The monoisotopic (exact) mass is 476 g/mol. The van der Waals surface area contributed by atoms with E-state index in [1.165, 1.54) is 28.7 Å². The Labute approximate surface area is 197 Å². The van der Waals surface area contributed by atoms with Gasteiger partial charge in [-0.1, -0.05) is 29.5 Å². The minimum Gasteiger partial charge on any atom is -0.497 e. The van der Waals surface area contributed by atoms with Crippen molar-refractivity contribution >= 4 is 33.3 Å². The number of ether oxygens (including phenoxy) is 1. The van der Waals surface area contributed by atoms with Crippen LogP contribution in [0, 0.1) is 13.8 Å². The van der Waals surface area contributed by atoms with E-state index in [1.807, 2.05) is 49.4 Å². The number of nitrogens with one attached hydrogen (secondary N) is 1. The zero-order valence-electron chi connectivity index (χ0n) is 18.2. The van der Waals surface area contributed by atoms with Crippen molar-refractivity contribution in [1.82, 2.24) is 30.2 Å². The number of thiophene rings is 1. The van der Waals surface area contributed by atoms with Crippen LogP contribution in [-0.2, 0) is 5.75 Å². The second-order valence-electron chi connectivity index (χ2n) is 7.52. The topological polar surface area (TPSA) is 98.6 Å². The van der Waals surface area contributed by atoms with E-state index in [9.17, 15) is 4.79 Å². The maximum atomic E-state index is 12.7. The predicted octanol–water partition coefficient (Wildman–Crippen LogP) is 4.55. The summed E-state index contributed by atoms with van der Waals surface area (Å²) in [5, 5.41) is 12.8. The lowest BCUT2D eigenvalue weighted by molar-refractivity contribution is 0.415. The van der Waals surface area contributed by atoms with Crippen LogP contribution in [0.4, 0.5) is 0 Å². The number of nitrogens with zero attached hydrogens (tertiary/aromatic N) is 5. The molecule has 0 saturated heterocycles. The van der Waals surface area contributed by atoms with E-state index in [2.05, 4.69) is 38.5 Å². The van der Waals surface area contributed by atoms with Gasteiger partial charge in [-0.3, -0.25) is 4.79 Å². The Bertz CT molecular complexity index is 1500. The normalized spacial score (nSPS) is 11.2. The second kappa shape index (κ2) is 8.80. The Balaban J connectivity index is 1.40. The summed E-state index contributed by atoms with van der Waals surface area (Å²) in [4.78, 5) is 21.3. The second-order valence-corrected chi connectivity index (χ2v) is 9.51. The number of rotatable bonds is 6. The van der Waals surface area contributed by atoms with Crippen LogP contribution in [0.15, 0.2) is 58.5 Å². The zero-order valence-corrected chi connectivity index (χ0v) is 19.8. The molecule has 0 bridgehead atoms. The molecule has 3 heterocycles. The fraction of sp³-hybridized carbons (Fsp3) is 0.174. The van der Waals surface area contributed by atoms with Crippen molar-refractivity contribution in [3.63, 3.8) is 0 Å². The Kier molecular flexibility index (Phi) is 5.69. The number of aryl methyl sites for hydroxylation is 2. The highest BCUT2D eigenvalue weighted by molar-refractivity contribution is 7.98. The average Bonchev–Trinajstić information content (AvgIpc) is 3.45. The number of methoxy groups -OCH3 is 1. The third-order valence-electron chi connectivity index (χ3n) is 5.17. The Hall–Kier alpha value is -3.50. The number of benzene rings is 2. The molecule has 0 saturated carbocycles. The molecular weight excluding hydrogens is 456 g/mol. The molecule has 0 aliphatic heterocycles. The van der Waals surface area contributed by atoms with Gasteiger partial charge in [0.1, 0.15) is 16.3 Å². The standard InChI is InChI=1S/C23H20N6O2S2/c1-13-4-9-18(14(2)10-13)29-23(26-27-28-29)32-12-20-24-17-11-19(33-21(17)22(30)25-20)15-5-7-16(31-3)8-6-15/h4-11H,12H2,1-3H3,(H,24,25,30). The van der Waals surface area contributed by atoms with Crippen molar-refractivity contribution in [1.29, 1.82) is 0 Å². The number of hydrogen-bond acceptors (Lipinski definition) is 8. The molecule has 0 fully saturated rings. The average molecular weight is 477 g/mol. The zero-order chi connectivity index (χ0) is 22.9. The fourth-order valence-electron chi connectivity index (χ4n) is 3.55. The minimum atomic E-state index is -0.144. The van der Waals surface area contributed by atoms with Crippen molar-refractivity contribution in [3.05, 3.63) is 75.8 Å². The van der Waals surface area contributed by atoms with E-state index in [0.29, 0.717) is 27.0 Å². The van der Waals surface area contributed by atoms with Crippen molar-refractivity contribution in [2.75, 3.05) is 7.11 Å². The van der Waals surface area contributed by atoms with Crippen molar-refractivity contribution < 1.29 is 4.74 Å². The van der Waals surface area contributed by atoms with Gasteiger partial charge in [-0.15, -0.1) is 16.4 Å². The summed E-state index contributed by atoms with van der Waals surface area (Å²) in [5.41, 5.74) is 4.74. The number of H-pyrrole nitrogens is 1. The SMILES string of the molecule is COc1ccc(-c2cc3nc(CSc4nnnn4-c4ccc(C)cc4C)[nH]c(=O)c3s2)cc1. The van der Waals surface area contributed by atoms with Crippen LogP contribution < -0.4 is 10.3 Å². The molecule has 0 radical (unpaired) electrons.